The molecule has 1 saturated heterocycles. The summed E-state index contributed by atoms with van der Waals surface area (Å²) < 4.78 is 1.73. The van der Waals surface area contributed by atoms with Crippen molar-refractivity contribution < 1.29 is 9.59 Å². The van der Waals surface area contributed by atoms with Gasteiger partial charge in [-0.25, -0.2) is 4.98 Å². The topological polar surface area (TPSA) is 100 Å². The van der Waals surface area contributed by atoms with Gasteiger partial charge < -0.3 is 9.80 Å². The van der Waals surface area contributed by atoms with Gasteiger partial charge in [0, 0.05) is 51.8 Å². The van der Waals surface area contributed by atoms with Crippen molar-refractivity contribution in [3.8, 4) is 0 Å². The predicted octanol–water partition coefficient (Wildman–Crippen LogP) is 0.475. The lowest BCUT2D eigenvalue weighted by molar-refractivity contribution is -0.133. The molecule has 0 bridgehead atoms. The van der Waals surface area contributed by atoms with E-state index in [0.717, 1.165) is 18.4 Å². The average Bonchev–Trinajstić information content (AvgIpc) is 3.29. The molecule has 0 radical (unpaired) electrons. The second-order valence-corrected chi connectivity index (χ2v) is 6.48. The Labute approximate surface area is 152 Å². The Bertz CT molecular complexity index is 684. The summed E-state index contributed by atoms with van der Waals surface area (Å²) in [5.74, 6) is 0.296. The van der Waals surface area contributed by atoms with Crippen LogP contribution in [0, 0.1) is 0 Å². The lowest BCUT2D eigenvalue weighted by Crippen LogP contribution is -2.37. The smallest absolute Gasteiger partial charge is 0.222 e. The van der Waals surface area contributed by atoms with Crippen LogP contribution in [-0.2, 0) is 22.6 Å². The number of nitrogens with one attached hydrogen (secondary N) is 1. The largest absolute Gasteiger partial charge is 0.341 e. The van der Waals surface area contributed by atoms with Gasteiger partial charge in [0.25, 0.3) is 0 Å². The van der Waals surface area contributed by atoms with Crippen LogP contribution in [0.4, 0.5) is 0 Å². The zero-order valence-electron chi connectivity index (χ0n) is 14.9. The minimum absolute atomic E-state index is 0.145. The van der Waals surface area contributed by atoms with Crippen LogP contribution in [0.25, 0.3) is 0 Å². The van der Waals surface area contributed by atoms with E-state index in [1.165, 1.54) is 6.33 Å². The minimum atomic E-state index is 0.145. The Kier molecular flexibility index (Phi) is 6.34. The lowest BCUT2D eigenvalue weighted by Gasteiger charge is -2.22. The van der Waals surface area contributed by atoms with Crippen molar-refractivity contribution in [2.75, 3.05) is 26.2 Å². The van der Waals surface area contributed by atoms with E-state index in [2.05, 4.69) is 20.3 Å². The fourth-order valence-corrected chi connectivity index (χ4v) is 3.14. The highest BCUT2D eigenvalue weighted by atomic mass is 16.2. The number of H-pyrrole nitrogens is 1. The number of nitrogens with zero attached hydrogens (tertiary/aromatic N) is 6. The number of aryl methyl sites for hydroxylation is 2. The fourth-order valence-electron chi connectivity index (χ4n) is 3.14. The third-order valence-corrected chi connectivity index (χ3v) is 4.63. The maximum atomic E-state index is 12.4. The van der Waals surface area contributed by atoms with Crippen LogP contribution in [0.2, 0.25) is 0 Å². The fraction of sp³-hybridized carbons (Fsp3) is 0.588. The molecular formula is C17H25N7O2. The zero-order valence-corrected chi connectivity index (χ0v) is 14.9. The molecule has 0 atom stereocenters. The second-order valence-electron chi connectivity index (χ2n) is 6.48. The van der Waals surface area contributed by atoms with E-state index < -0.39 is 0 Å². The third-order valence-electron chi connectivity index (χ3n) is 4.63. The van der Waals surface area contributed by atoms with E-state index in [1.54, 1.807) is 17.2 Å². The Hall–Kier alpha value is -2.71. The molecule has 0 saturated carbocycles. The van der Waals surface area contributed by atoms with Gasteiger partial charge in [-0.2, -0.15) is 10.2 Å². The van der Waals surface area contributed by atoms with Gasteiger partial charge in [-0.15, -0.1) is 0 Å². The Morgan fingerprint density at radius 3 is 2.50 bits per heavy atom. The Morgan fingerprint density at radius 1 is 1.08 bits per heavy atom. The average molecular weight is 359 g/mol. The highest BCUT2D eigenvalue weighted by molar-refractivity contribution is 5.78. The number of hydrogen-bond acceptors (Lipinski definition) is 5. The first-order chi connectivity index (χ1) is 12.7. The molecule has 140 valence electrons. The molecule has 0 unspecified atom stereocenters. The van der Waals surface area contributed by atoms with Crippen LogP contribution in [0.5, 0.6) is 0 Å². The monoisotopic (exact) mass is 359 g/mol. The number of aromatic amines is 1. The third kappa shape index (κ3) is 5.14. The summed E-state index contributed by atoms with van der Waals surface area (Å²) in [5, 5.41) is 10.7. The standard InChI is InChI=1S/C17H25N7O2/c25-16(3-1-8-24-14-18-13-21-24)22-6-2-7-23(10-9-22)17(26)5-4-15-11-19-20-12-15/h11-14H,1-10H2,(H,19,20). The van der Waals surface area contributed by atoms with Gasteiger partial charge in [0.2, 0.25) is 11.8 Å². The first-order valence-corrected chi connectivity index (χ1v) is 9.08. The summed E-state index contributed by atoms with van der Waals surface area (Å²) in [6.07, 6.45) is 9.94. The Morgan fingerprint density at radius 2 is 1.85 bits per heavy atom. The molecule has 3 heterocycles. The van der Waals surface area contributed by atoms with Crippen molar-refractivity contribution >= 4 is 11.8 Å². The molecule has 1 N–H and O–H groups in total. The Balaban J connectivity index is 1.39. The van der Waals surface area contributed by atoms with E-state index in [1.807, 2.05) is 16.0 Å². The van der Waals surface area contributed by atoms with Crippen molar-refractivity contribution in [2.24, 2.45) is 0 Å². The van der Waals surface area contributed by atoms with E-state index >= 15 is 0 Å². The molecule has 26 heavy (non-hydrogen) atoms. The van der Waals surface area contributed by atoms with Crippen molar-refractivity contribution in [3.05, 3.63) is 30.6 Å². The molecule has 9 heteroatoms. The minimum Gasteiger partial charge on any atom is -0.341 e. The van der Waals surface area contributed by atoms with Gasteiger partial charge in [0.15, 0.2) is 0 Å². The maximum absolute atomic E-state index is 12.4. The van der Waals surface area contributed by atoms with Gasteiger partial charge in [-0.05, 0) is 24.8 Å². The summed E-state index contributed by atoms with van der Waals surface area (Å²) in [4.78, 5) is 32.5. The molecule has 3 rings (SSSR count). The van der Waals surface area contributed by atoms with Crippen LogP contribution in [0.3, 0.4) is 0 Å². The molecule has 2 aromatic rings. The van der Waals surface area contributed by atoms with E-state index in [-0.39, 0.29) is 11.8 Å². The number of rotatable bonds is 7. The molecular weight excluding hydrogens is 334 g/mol. The normalized spacial score (nSPS) is 15.1. The van der Waals surface area contributed by atoms with E-state index in [4.69, 9.17) is 0 Å². The number of hydrogen-bond donors (Lipinski definition) is 1. The first kappa shape index (κ1) is 18.1. The quantitative estimate of drug-likeness (QED) is 0.775. The molecule has 0 spiro atoms. The molecule has 1 aliphatic rings. The van der Waals surface area contributed by atoms with Gasteiger partial charge in [-0.1, -0.05) is 0 Å². The molecule has 2 amide bonds. The van der Waals surface area contributed by atoms with E-state index in [0.29, 0.717) is 52.0 Å². The highest BCUT2D eigenvalue weighted by Crippen LogP contribution is 2.09. The van der Waals surface area contributed by atoms with Crippen molar-refractivity contribution in [2.45, 2.75) is 38.6 Å². The van der Waals surface area contributed by atoms with Gasteiger partial charge in [0.1, 0.15) is 12.7 Å². The first-order valence-electron chi connectivity index (χ1n) is 9.08. The number of aromatic nitrogens is 5. The van der Waals surface area contributed by atoms with Crippen LogP contribution >= 0.6 is 0 Å². The highest BCUT2D eigenvalue weighted by Gasteiger charge is 2.21. The molecule has 1 fully saturated rings. The second kappa shape index (κ2) is 9.12. The van der Waals surface area contributed by atoms with Crippen LogP contribution in [-0.4, -0.2) is 72.8 Å². The number of carbonyl (C=O) groups is 2. The van der Waals surface area contributed by atoms with Crippen LogP contribution in [0.1, 0.15) is 31.2 Å². The summed E-state index contributed by atoms with van der Waals surface area (Å²) in [5.41, 5.74) is 1.04. The molecule has 0 aromatic carbocycles. The maximum Gasteiger partial charge on any atom is 0.222 e. The predicted molar refractivity (Wildman–Crippen MR) is 93.9 cm³/mol. The number of carbonyl (C=O) groups excluding carboxylic acids is 2. The van der Waals surface area contributed by atoms with Crippen LogP contribution < -0.4 is 0 Å². The van der Waals surface area contributed by atoms with Crippen molar-refractivity contribution in [1.29, 1.82) is 0 Å². The molecule has 1 aliphatic heterocycles. The molecule has 9 nitrogen and oxygen atoms in total. The summed E-state index contributed by atoms with van der Waals surface area (Å²) in [6.45, 7) is 3.34. The summed E-state index contributed by atoms with van der Waals surface area (Å²) >= 11 is 0. The SMILES string of the molecule is O=C(CCCn1cncn1)N1CCCN(C(=O)CCc2cn[nH]c2)CC1. The molecule has 2 aromatic heterocycles. The van der Waals surface area contributed by atoms with E-state index in [9.17, 15) is 9.59 Å². The van der Waals surface area contributed by atoms with Crippen molar-refractivity contribution in [1.82, 2.24) is 34.8 Å². The molecule has 0 aliphatic carbocycles. The van der Waals surface area contributed by atoms with Crippen molar-refractivity contribution in [3.63, 3.8) is 0 Å². The number of amides is 2. The summed E-state index contributed by atoms with van der Waals surface area (Å²) in [7, 11) is 0. The summed E-state index contributed by atoms with van der Waals surface area (Å²) in [6, 6.07) is 0. The van der Waals surface area contributed by atoms with Gasteiger partial charge in [-0.3, -0.25) is 19.4 Å². The lowest BCUT2D eigenvalue weighted by atomic mass is 10.2. The van der Waals surface area contributed by atoms with Gasteiger partial charge >= 0.3 is 0 Å². The van der Waals surface area contributed by atoms with Crippen LogP contribution in [0.15, 0.2) is 25.0 Å². The van der Waals surface area contributed by atoms with Gasteiger partial charge in [0.05, 0.1) is 6.20 Å². The zero-order chi connectivity index (χ0) is 18.2.